The van der Waals surface area contributed by atoms with E-state index in [2.05, 4.69) is 22.6 Å². The van der Waals surface area contributed by atoms with E-state index in [-0.39, 0.29) is 5.82 Å². The van der Waals surface area contributed by atoms with Crippen LogP contribution in [0.3, 0.4) is 0 Å². The fraction of sp³-hybridized carbons (Fsp3) is 0.600. The summed E-state index contributed by atoms with van der Waals surface area (Å²) in [5, 5.41) is 6.96. The number of nitrogens with one attached hydrogen (secondary N) is 2. The number of halogens is 1. The zero-order chi connectivity index (χ0) is 13.7. The van der Waals surface area contributed by atoms with Gasteiger partial charge < -0.3 is 15.5 Å². The molecule has 0 bridgehead atoms. The Morgan fingerprint density at radius 2 is 2.32 bits per heavy atom. The van der Waals surface area contributed by atoms with Gasteiger partial charge in [-0.15, -0.1) is 0 Å². The van der Waals surface area contributed by atoms with Crippen LogP contribution >= 0.6 is 0 Å². The van der Waals surface area contributed by atoms with Gasteiger partial charge in [-0.25, -0.2) is 4.39 Å². The van der Waals surface area contributed by atoms with Gasteiger partial charge in [0.05, 0.1) is 0 Å². The van der Waals surface area contributed by atoms with Crippen molar-refractivity contribution >= 4 is 0 Å². The molecule has 1 aliphatic heterocycles. The summed E-state index contributed by atoms with van der Waals surface area (Å²) in [5.41, 5.74) is 1.86. The molecule has 0 aliphatic carbocycles. The fourth-order valence-electron chi connectivity index (χ4n) is 2.51. The van der Waals surface area contributed by atoms with Gasteiger partial charge in [0.15, 0.2) is 0 Å². The Balaban J connectivity index is 1.67. The quantitative estimate of drug-likeness (QED) is 0.790. The number of aryl methyl sites for hydroxylation is 1. The number of nitrogens with zero attached hydrogens (tertiary/aromatic N) is 1. The Morgan fingerprint density at radius 3 is 3.05 bits per heavy atom. The van der Waals surface area contributed by atoms with Gasteiger partial charge in [0.1, 0.15) is 5.82 Å². The van der Waals surface area contributed by atoms with E-state index < -0.39 is 0 Å². The molecule has 2 rings (SSSR count). The third kappa shape index (κ3) is 4.56. The summed E-state index contributed by atoms with van der Waals surface area (Å²) in [6, 6.07) is 5.89. The third-order valence-electron chi connectivity index (χ3n) is 3.68. The minimum atomic E-state index is -0.127. The van der Waals surface area contributed by atoms with Crippen molar-refractivity contribution in [2.24, 2.45) is 0 Å². The smallest absolute Gasteiger partial charge is 0.126 e. The maximum absolute atomic E-state index is 13.1. The van der Waals surface area contributed by atoms with Crippen molar-refractivity contribution in [3.05, 3.63) is 35.1 Å². The van der Waals surface area contributed by atoms with Crippen LogP contribution in [0.5, 0.6) is 0 Å². The molecular weight excluding hydrogens is 241 g/mol. The predicted octanol–water partition coefficient (Wildman–Crippen LogP) is 1.52. The summed E-state index contributed by atoms with van der Waals surface area (Å²) >= 11 is 0. The molecule has 1 unspecified atom stereocenters. The number of hydrogen-bond donors (Lipinski definition) is 2. The van der Waals surface area contributed by atoms with Gasteiger partial charge in [-0.1, -0.05) is 12.1 Å². The lowest BCUT2D eigenvalue weighted by molar-refractivity contribution is 0.231. The SMILES string of the molecule is Cc1cc(CNCCC2CN(C)CCN2)ccc1F. The Hall–Kier alpha value is -0.970. The molecule has 1 aromatic rings. The maximum atomic E-state index is 13.1. The van der Waals surface area contributed by atoms with E-state index >= 15 is 0 Å². The number of likely N-dealkylation sites (N-methyl/N-ethyl adjacent to an activating group) is 1. The van der Waals surface area contributed by atoms with Gasteiger partial charge in [0.2, 0.25) is 0 Å². The first kappa shape index (κ1) is 14.4. The molecule has 1 fully saturated rings. The second-order valence-electron chi connectivity index (χ2n) is 5.46. The molecule has 0 saturated carbocycles. The predicted molar refractivity (Wildman–Crippen MR) is 76.7 cm³/mol. The van der Waals surface area contributed by atoms with E-state index in [4.69, 9.17) is 0 Å². The lowest BCUT2D eigenvalue weighted by Crippen LogP contribution is -2.49. The summed E-state index contributed by atoms with van der Waals surface area (Å²) in [4.78, 5) is 2.37. The summed E-state index contributed by atoms with van der Waals surface area (Å²) in [5.74, 6) is -0.127. The second-order valence-corrected chi connectivity index (χ2v) is 5.46. The van der Waals surface area contributed by atoms with Gasteiger partial charge in [0, 0.05) is 32.2 Å². The van der Waals surface area contributed by atoms with Crippen LogP contribution in [0, 0.1) is 12.7 Å². The van der Waals surface area contributed by atoms with Gasteiger partial charge in [-0.05, 0) is 44.1 Å². The monoisotopic (exact) mass is 265 g/mol. The first-order valence-corrected chi connectivity index (χ1v) is 7.03. The molecular formula is C15H24FN3. The average Bonchev–Trinajstić information content (AvgIpc) is 2.39. The molecule has 0 aromatic heterocycles. The fourth-order valence-corrected chi connectivity index (χ4v) is 2.51. The third-order valence-corrected chi connectivity index (χ3v) is 3.68. The average molecular weight is 265 g/mol. The largest absolute Gasteiger partial charge is 0.313 e. The molecule has 1 saturated heterocycles. The lowest BCUT2D eigenvalue weighted by Gasteiger charge is -2.30. The maximum Gasteiger partial charge on any atom is 0.126 e. The highest BCUT2D eigenvalue weighted by molar-refractivity contribution is 5.23. The number of rotatable bonds is 5. The van der Waals surface area contributed by atoms with Crippen molar-refractivity contribution < 1.29 is 4.39 Å². The van der Waals surface area contributed by atoms with Crippen molar-refractivity contribution in [3.8, 4) is 0 Å². The van der Waals surface area contributed by atoms with E-state index in [1.54, 1.807) is 13.0 Å². The van der Waals surface area contributed by atoms with E-state index in [9.17, 15) is 4.39 Å². The molecule has 1 aliphatic rings. The van der Waals surface area contributed by atoms with Crippen LogP contribution in [0.25, 0.3) is 0 Å². The van der Waals surface area contributed by atoms with Gasteiger partial charge in [-0.2, -0.15) is 0 Å². The first-order chi connectivity index (χ1) is 9.15. The topological polar surface area (TPSA) is 27.3 Å². The normalized spacial score (nSPS) is 20.7. The zero-order valence-corrected chi connectivity index (χ0v) is 11.9. The van der Waals surface area contributed by atoms with Crippen LogP contribution in [-0.2, 0) is 6.54 Å². The van der Waals surface area contributed by atoms with Crippen LogP contribution in [0.1, 0.15) is 17.5 Å². The highest BCUT2D eigenvalue weighted by Gasteiger charge is 2.15. The minimum absolute atomic E-state index is 0.127. The van der Waals surface area contributed by atoms with Gasteiger partial charge in [-0.3, -0.25) is 0 Å². The van der Waals surface area contributed by atoms with Crippen molar-refractivity contribution in [1.29, 1.82) is 0 Å². The Kier molecular flexibility index (Phi) is 5.31. The number of benzene rings is 1. The Morgan fingerprint density at radius 1 is 1.47 bits per heavy atom. The van der Waals surface area contributed by atoms with Crippen LogP contribution in [-0.4, -0.2) is 44.2 Å². The van der Waals surface area contributed by atoms with Crippen molar-refractivity contribution in [3.63, 3.8) is 0 Å². The van der Waals surface area contributed by atoms with E-state index in [1.165, 1.54) is 0 Å². The molecule has 0 radical (unpaired) electrons. The van der Waals surface area contributed by atoms with Gasteiger partial charge in [0.25, 0.3) is 0 Å². The summed E-state index contributed by atoms with van der Waals surface area (Å²) < 4.78 is 13.1. The number of hydrogen-bond acceptors (Lipinski definition) is 3. The molecule has 0 amide bonds. The highest BCUT2D eigenvalue weighted by atomic mass is 19.1. The van der Waals surface area contributed by atoms with Crippen molar-refractivity contribution in [1.82, 2.24) is 15.5 Å². The molecule has 4 heteroatoms. The van der Waals surface area contributed by atoms with Crippen LogP contribution in [0.4, 0.5) is 4.39 Å². The Bertz CT molecular complexity index is 408. The standard InChI is InChI=1S/C15H24FN3/c1-12-9-13(3-4-15(12)16)10-17-6-5-14-11-19(2)8-7-18-14/h3-4,9,14,17-18H,5-8,10-11H2,1-2H3. The van der Waals surface area contributed by atoms with Crippen molar-refractivity contribution in [2.45, 2.75) is 25.9 Å². The molecule has 0 spiro atoms. The van der Waals surface area contributed by atoms with Crippen molar-refractivity contribution in [2.75, 3.05) is 33.2 Å². The lowest BCUT2D eigenvalue weighted by atomic mass is 10.1. The van der Waals surface area contributed by atoms with Crippen LogP contribution in [0.2, 0.25) is 0 Å². The molecule has 1 heterocycles. The van der Waals surface area contributed by atoms with Crippen LogP contribution < -0.4 is 10.6 Å². The summed E-state index contributed by atoms with van der Waals surface area (Å²) in [6.07, 6.45) is 1.13. The summed E-state index contributed by atoms with van der Waals surface area (Å²) in [7, 11) is 2.17. The minimum Gasteiger partial charge on any atom is -0.313 e. The van der Waals surface area contributed by atoms with E-state index in [1.807, 2.05) is 12.1 Å². The zero-order valence-electron chi connectivity index (χ0n) is 11.9. The molecule has 106 valence electrons. The highest BCUT2D eigenvalue weighted by Crippen LogP contribution is 2.09. The molecule has 2 N–H and O–H groups in total. The molecule has 1 aromatic carbocycles. The van der Waals surface area contributed by atoms with E-state index in [0.29, 0.717) is 6.04 Å². The van der Waals surface area contributed by atoms with Crippen LogP contribution in [0.15, 0.2) is 18.2 Å². The number of piperazine rings is 1. The second kappa shape index (κ2) is 6.98. The molecule has 19 heavy (non-hydrogen) atoms. The summed E-state index contributed by atoms with van der Waals surface area (Å²) in [6.45, 7) is 6.95. The molecule has 1 atom stereocenters. The Labute approximate surface area is 115 Å². The first-order valence-electron chi connectivity index (χ1n) is 7.03. The van der Waals surface area contributed by atoms with Gasteiger partial charge >= 0.3 is 0 Å². The van der Waals surface area contributed by atoms with E-state index in [0.717, 1.165) is 50.3 Å². The molecule has 3 nitrogen and oxygen atoms in total.